The van der Waals surface area contributed by atoms with E-state index in [-0.39, 0.29) is 29.3 Å². The van der Waals surface area contributed by atoms with E-state index in [1.165, 1.54) is 12.8 Å². The highest BCUT2D eigenvalue weighted by molar-refractivity contribution is 6.69. The van der Waals surface area contributed by atoms with E-state index < -0.39 is 14.4 Å². The number of allylic oxidation sites excluding steroid dienone is 1. The standard InChI is InChI=1S/C26H44O4Si/c1-16(23(29)15-27)24-22(28)14-21-19-8-7-17-13-18(30-31(4,5)6)9-11-25(17,2)20(19)10-12-26(21,24)3/h7,16,18-21,23-24,27,29H,8-15H2,1-6H3/t16-,18+,19?,20?,21?,23?,24+,25+,26+/m1/s1. The van der Waals surface area contributed by atoms with Crippen molar-refractivity contribution < 1.29 is 19.4 Å². The Kier molecular flexibility index (Phi) is 6.16. The SMILES string of the molecule is C[C@H](C(O)CO)[C@H]1C(=O)CC2C3CC=C4C[C@@H](O[Si](C)(C)C)CC[C@]4(C)C3CC[C@@]21C. The first-order chi connectivity index (χ1) is 14.4. The summed E-state index contributed by atoms with van der Waals surface area (Å²) >= 11 is 0. The average molecular weight is 449 g/mol. The van der Waals surface area contributed by atoms with Crippen molar-refractivity contribution in [3.63, 3.8) is 0 Å². The van der Waals surface area contributed by atoms with Crippen LogP contribution in [0.3, 0.4) is 0 Å². The molecule has 0 amide bonds. The highest BCUT2D eigenvalue weighted by Crippen LogP contribution is 2.66. The summed E-state index contributed by atoms with van der Waals surface area (Å²) in [7, 11) is -1.53. The summed E-state index contributed by atoms with van der Waals surface area (Å²) in [5, 5.41) is 19.8. The fourth-order valence-corrected chi connectivity index (χ4v) is 9.54. The Labute approximate surface area is 190 Å². The molecule has 31 heavy (non-hydrogen) atoms. The van der Waals surface area contributed by atoms with E-state index in [0.717, 1.165) is 25.7 Å². The molecule has 4 rings (SSSR count). The van der Waals surface area contributed by atoms with Crippen molar-refractivity contribution in [1.82, 2.24) is 0 Å². The number of Topliss-reactive ketones (excluding diaryl/α,β-unsaturated/α-hetero) is 1. The van der Waals surface area contributed by atoms with Gasteiger partial charge < -0.3 is 14.6 Å². The van der Waals surface area contributed by atoms with E-state index in [0.29, 0.717) is 36.1 Å². The molecule has 176 valence electrons. The van der Waals surface area contributed by atoms with Crippen LogP contribution in [0.5, 0.6) is 0 Å². The van der Waals surface area contributed by atoms with Crippen molar-refractivity contribution in [3.8, 4) is 0 Å². The fourth-order valence-electron chi connectivity index (χ4n) is 8.34. The van der Waals surface area contributed by atoms with Crippen LogP contribution in [-0.4, -0.2) is 43.1 Å². The van der Waals surface area contributed by atoms with Crippen molar-refractivity contribution in [2.24, 2.45) is 40.4 Å². The molecule has 0 radical (unpaired) electrons. The normalized spacial score (nSPS) is 44.7. The molecule has 4 nitrogen and oxygen atoms in total. The maximum Gasteiger partial charge on any atom is 0.184 e. The number of rotatable bonds is 5. The number of aliphatic hydroxyl groups excluding tert-OH is 2. The predicted molar refractivity (Wildman–Crippen MR) is 126 cm³/mol. The number of carbonyl (C=O) groups excluding carboxylic acids is 1. The van der Waals surface area contributed by atoms with Gasteiger partial charge in [0.2, 0.25) is 0 Å². The summed E-state index contributed by atoms with van der Waals surface area (Å²) in [6.45, 7) is 13.4. The van der Waals surface area contributed by atoms with Crippen molar-refractivity contribution in [2.45, 2.75) is 97.6 Å². The maximum atomic E-state index is 13.2. The maximum absolute atomic E-state index is 13.2. The molecule has 0 aromatic rings. The van der Waals surface area contributed by atoms with Gasteiger partial charge in [0.05, 0.1) is 12.7 Å². The fraction of sp³-hybridized carbons (Fsp3) is 0.885. The largest absolute Gasteiger partial charge is 0.414 e. The summed E-state index contributed by atoms with van der Waals surface area (Å²) in [4.78, 5) is 13.2. The molecule has 0 aliphatic heterocycles. The van der Waals surface area contributed by atoms with Crippen LogP contribution < -0.4 is 0 Å². The highest BCUT2D eigenvalue weighted by Gasteiger charge is 2.62. The number of hydrogen-bond donors (Lipinski definition) is 2. The minimum Gasteiger partial charge on any atom is -0.414 e. The molecule has 0 aromatic carbocycles. The van der Waals surface area contributed by atoms with E-state index in [4.69, 9.17) is 4.43 Å². The van der Waals surface area contributed by atoms with Crippen LogP contribution >= 0.6 is 0 Å². The quantitative estimate of drug-likeness (QED) is 0.461. The summed E-state index contributed by atoms with van der Waals surface area (Å²) in [5.41, 5.74) is 1.82. The number of aliphatic hydroxyl groups is 2. The number of fused-ring (bicyclic) bond motifs is 5. The van der Waals surface area contributed by atoms with Gasteiger partial charge >= 0.3 is 0 Å². The second-order valence-electron chi connectivity index (χ2n) is 12.7. The van der Waals surface area contributed by atoms with Crippen molar-refractivity contribution in [3.05, 3.63) is 11.6 Å². The third-order valence-corrected chi connectivity index (χ3v) is 10.9. The molecule has 4 aliphatic carbocycles. The zero-order valence-corrected chi connectivity index (χ0v) is 21.5. The summed E-state index contributed by atoms with van der Waals surface area (Å²) < 4.78 is 6.49. The molecule has 4 aliphatic rings. The molecule has 0 saturated heterocycles. The molecule has 2 N–H and O–H groups in total. The molecule has 0 bridgehead atoms. The van der Waals surface area contributed by atoms with Gasteiger partial charge in [0.1, 0.15) is 5.78 Å². The van der Waals surface area contributed by atoms with Crippen molar-refractivity contribution in [1.29, 1.82) is 0 Å². The van der Waals surface area contributed by atoms with Crippen LogP contribution in [0.1, 0.15) is 65.7 Å². The van der Waals surface area contributed by atoms with Gasteiger partial charge in [0.15, 0.2) is 8.32 Å². The molecule has 0 spiro atoms. The van der Waals surface area contributed by atoms with Crippen molar-refractivity contribution in [2.75, 3.05) is 6.61 Å². The van der Waals surface area contributed by atoms with E-state index in [1.807, 2.05) is 6.92 Å². The van der Waals surface area contributed by atoms with Gasteiger partial charge in [-0.2, -0.15) is 0 Å². The van der Waals surface area contributed by atoms with Crippen LogP contribution in [-0.2, 0) is 9.22 Å². The second-order valence-corrected chi connectivity index (χ2v) is 17.1. The lowest BCUT2D eigenvalue weighted by molar-refractivity contribution is -0.127. The van der Waals surface area contributed by atoms with Crippen LogP contribution in [0.4, 0.5) is 0 Å². The summed E-state index contributed by atoms with van der Waals surface area (Å²) in [6, 6.07) is 0. The molecular weight excluding hydrogens is 404 g/mol. The van der Waals surface area contributed by atoms with Gasteiger partial charge in [-0.05, 0) is 92.7 Å². The molecular formula is C26H44O4Si. The van der Waals surface area contributed by atoms with E-state index in [9.17, 15) is 15.0 Å². The molecule has 3 saturated carbocycles. The Morgan fingerprint density at radius 3 is 2.52 bits per heavy atom. The molecule has 3 fully saturated rings. The minimum absolute atomic E-state index is 0.0479. The third kappa shape index (κ3) is 3.92. The van der Waals surface area contributed by atoms with Gasteiger partial charge in [-0.25, -0.2) is 0 Å². The molecule has 0 aromatic heterocycles. The lowest BCUT2D eigenvalue weighted by atomic mass is 9.47. The smallest absolute Gasteiger partial charge is 0.184 e. The predicted octanol–water partition coefficient (Wildman–Crippen LogP) is 4.95. The number of carbonyl (C=O) groups is 1. The van der Waals surface area contributed by atoms with Crippen LogP contribution in [0.15, 0.2) is 11.6 Å². The van der Waals surface area contributed by atoms with Gasteiger partial charge in [0.25, 0.3) is 0 Å². The van der Waals surface area contributed by atoms with Gasteiger partial charge in [-0.15, -0.1) is 0 Å². The summed E-state index contributed by atoms with van der Waals surface area (Å²) in [5.74, 6) is 1.64. The topological polar surface area (TPSA) is 66.8 Å². The van der Waals surface area contributed by atoms with Gasteiger partial charge in [-0.1, -0.05) is 32.4 Å². The van der Waals surface area contributed by atoms with Crippen LogP contribution in [0.2, 0.25) is 19.6 Å². The minimum atomic E-state index is -1.53. The zero-order valence-electron chi connectivity index (χ0n) is 20.5. The Morgan fingerprint density at radius 1 is 1.16 bits per heavy atom. The van der Waals surface area contributed by atoms with Crippen LogP contribution in [0.25, 0.3) is 0 Å². The van der Waals surface area contributed by atoms with Crippen molar-refractivity contribution >= 4 is 14.1 Å². The third-order valence-electron chi connectivity index (χ3n) is 9.81. The number of hydrogen-bond acceptors (Lipinski definition) is 4. The first-order valence-corrected chi connectivity index (χ1v) is 16.0. The lowest BCUT2D eigenvalue weighted by Crippen LogP contribution is -2.52. The van der Waals surface area contributed by atoms with Gasteiger partial charge in [0, 0.05) is 18.4 Å². The molecule has 9 atom stereocenters. The highest BCUT2D eigenvalue weighted by atomic mass is 28.4. The summed E-state index contributed by atoms with van der Waals surface area (Å²) in [6.07, 6.45) is 9.54. The molecule has 5 heteroatoms. The van der Waals surface area contributed by atoms with E-state index in [2.05, 4.69) is 39.6 Å². The second kappa shape index (κ2) is 8.07. The lowest BCUT2D eigenvalue weighted by Gasteiger charge is -2.58. The Bertz CT molecular complexity index is 742. The van der Waals surface area contributed by atoms with Gasteiger partial charge in [-0.3, -0.25) is 4.79 Å². The molecule has 4 unspecified atom stereocenters. The van der Waals surface area contributed by atoms with E-state index in [1.54, 1.807) is 5.57 Å². The Hall–Kier alpha value is -0.493. The average Bonchev–Trinajstić information content (AvgIpc) is 2.96. The van der Waals surface area contributed by atoms with E-state index >= 15 is 0 Å². The first kappa shape index (κ1) is 23.7. The molecule has 0 heterocycles. The Balaban J connectivity index is 1.57. The first-order valence-electron chi connectivity index (χ1n) is 12.6. The monoisotopic (exact) mass is 448 g/mol. The number of ketones is 1. The Morgan fingerprint density at radius 2 is 1.87 bits per heavy atom. The van der Waals surface area contributed by atoms with Crippen LogP contribution in [0, 0.1) is 40.4 Å². The zero-order chi connectivity index (χ0) is 22.8.